The van der Waals surface area contributed by atoms with Gasteiger partial charge in [0.25, 0.3) is 11.6 Å². The highest BCUT2D eigenvalue weighted by atomic mass is 32.1. The fraction of sp³-hybridized carbons (Fsp3) is 0.118. The molecule has 1 amide bonds. The molecule has 0 aliphatic carbocycles. The topological polar surface area (TPSA) is 104 Å². The van der Waals surface area contributed by atoms with Gasteiger partial charge in [0.05, 0.1) is 22.2 Å². The minimum absolute atomic E-state index is 0.116. The number of fused-ring (bicyclic) bond motifs is 1. The lowest BCUT2D eigenvalue weighted by molar-refractivity contribution is -0.384. The second kappa shape index (κ2) is 7.28. The van der Waals surface area contributed by atoms with Crippen molar-refractivity contribution in [3.63, 3.8) is 0 Å². The number of nitrogens with zero attached hydrogens (tertiary/aromatic N) is 3. The van der Waals surface area contributed by atoms with Gasteiger partial charge in [-0.15, -0.1) is 0 Å². The molecule has 1 heterocycles. The zero-order valence-electron chi connectivity index (χ0n) is 13.6. The van der Waals surface area contributed by atoms with E-state index in [0.717, 1.165) is 11.3 Å². The molecule has 0 saturated carbocycles. The predicted molar refractivity (Wildman–Crippen MR) is 94.8 cm³/mol. The normalized spacial score (nSPS) is 11.5. The number of rotatable bonds is 4. The first-order valence-corrected chi connectivity index (χ1v) is 8.30. The van der Waals surface area contributed by atoms with E-state index < -0.39 is 16.8 Å². The third kappa shape index (κ3) is 3.52. The fourth-order valence-electron chi connectivity index (χ4n) is 2.33. The van der Waals surface area contributed by atoms with E-state index in [0.29, 0.717) is 15.8 Å². The highest BCUT2D eigenvalue weighted by molar-refractivity contribution is 7.16. The standard InChI is InChI=1S/C17H13N3O5S/c1-25-15(21)10-19-13-9-12(20(23)24)7-8-14(13)26-17(19)18-16(22)11-5-3-2-4-6-11/h2-9H,10H2,1H3. The fourth-order valence-corrected chi connectivity index (χ4v) is 3.34. The average molecular weight is 371 g/mol. The first-order chi connectivity index (χ1) is 12.5. The zero-order valence-corrected chi connectivity index (χ0v) is 14.4. The van der Waals surface area contributed by atoms with Crippen molar-refractivity contribution in [3.8, 4) is 0 Å². The van der Waals surface area contributed by atoms with Gasteiger partial charge in [-0.2, -0.15) is 4.99 Å². The molecule has 3 aromatic rings. The molecule has 0 aliphatic heterocycles. The van der Waals surface area contributed by atoms with Crippen LogP contribution in [0.25, 0.3) is 10.2 Å². The number of methoxy groups -OCH3 is 1. The SMILES string of the molecule is COC(=O)Cn1c(=NC(=O)c2ccccc2)sc2ccc([N+](=O)[O-])cc21. The lowest BCUT2D eigenvalue weighted by atomic mass is 10.2. The van der Waals surface area contributed by atoms with Crippen LogP contribution in [0.2, 0.25) is 0 Å². The van der Waals surface area contributed by atoms with Gasteiger partial charge in [0, 0.05) is 17.7 Å². The minimum atomic E-state index is -0.551. The number of hydrogen-bond donors (Lipinski definition) is 0. The van der Waals surface area contributed by atoms with Crippen LogP contribution in [0.15, 0.2) is 53.5 Å². The Morgan fingerprint density at radius 3 is 2.62 bits per heavy atom. The molecular formula is C17H13N3O5S. The first-order valence-electron chi connectivity index (χ1n) is 7.48. The van der Waals surface area contributed by atoms with Gasteiger partial charge in [-0.1, -0.05) is 29.5 Å². The Labute approximate surface area is 151 Å². The van der Waals surface area contributed by atoms with E-state index in [9.17, 15) is 19.7 Å². The van der Waals surface area contributed by atoms with Crippen molar-refractivity contribution >= 4 is 39.1 Å². The first kappa shape index (κ1) is 17.5. The Bertz CT molecular complexity index is 1070. The second-order valence-corrected chi connectivity index (χ2v) is 6.25. The maximum absolute atomic E-state index is 12.4. The van der Waals surface area contributed by atoms with E-state index in [-0.39, 0.29) is 17.0 Å². The van der Waals surface area contributed by atoms with E-state index >= 15 is 0 Å². The Balaban J connectivity index is 2.18. The van der Waals surface area contributed by atoms with Gasteiger partial charge in [-0.3, -0.25) is 19.7 Å². The molecule has 2 aromatic carbocycles. The van der Waals surface area contributed by atoms with Crippen LogP contribution < -0.4 is 4.80 Å². The molecule has 0 atom stereocenters. The highest BCUT2D eigenvalue weighted by Crippen LogP contribution is 2.23. The number of aromatic nitrogens is 1. The number of ether oxygens (including phenoxy) is 1. The third-order valence-corrected chi connectivity index (χ3v) is 4.67. The Hall–Kier alpha value is -3.33. The predicted octanol–water partition coefficient (Wildman–Crippen LogP) is 2.53. The summed E-state index contributed by atoms with van der Waals surface area (Å²) in [6.45, 7) is -0.210. The van der Waals surface area contributed by atoms with Crippen molar-refractivity contribution in [1.82, 2.24) is 4.57 Å². The van der Waals surface area contributed by atoms with E-state index in [4.69, 9.17) is 0 Å². The molecule has 9 heteroatoms. The Kier molecular flexibility index (Phi) is 4.90. The second-order valence-electron chi connectivity index (χ2n) is 5.24. The molecule has 132 valence electrons. The summed E-state index contributed by atoms with van der Waals surface area (Å²) in [4.78, 5) is 39.0. The van der Waals surface area contributed by atoms with Crippen molar-refractivity contribution in [3.05, 3.63) is 69.0 Å². The van der Waals surface area contributed by atoms with Crippen molar-refractivity contribution < 1.29 is 19.2 Å². The van der Waals surface area contributed by atoms with Crippen LogP contribution in [-0.4, -0.2) is 28.5 Å². The number of amides is 1. The van der Waals surface area contributed by atoms with Gasteiger partial charge >= 0.3 is 5.97 Å². The summed E-state index contributed by atoms with van der Waals surface area (Å²) in [6, 6.07) is 12.8. The molecule has 3 rings (SSSR count). The molecule has 26 heavy (non-hydrogen) atoms. The zero-order chi connectivity index (χ0) is 18.7. The van der Waals surface area contributed by atoms with Gasteiger partial charge in [0.2, 0.25) is 0 Å². The molecule has 0 fully saturated rings. The van der Waals surface area contributed by atoms with Crippen LogP contribution in [0.3, 0.4) is 0 Å². The van der Waals surface area contributed by atoms with Gasteiger partial charge < -0.3 is 9.30 Å². The van der Waals surface area contributed by atoms with Crippen molar-refractivity contribution in [1.29, 1.82) is 0 Å². The number of thiazole rings is 1. The number of benzene rings is 2. The number of carbonyl (C=O) groups is 2. The number of nitro benzene ring substituents is 1. The molecule has 0 N–H and O–H groups in total. The monoisotopic (exact) mass is 371 g/mol. The number of esters is 1. The summed E-state index contributed by atoms with van der Waals surface area (Å²) in [7, 11) is 1.24. The molecule has 1 aromatic heterocycles. The van der Waals surface area contributed by atoms with Crippen molar-refractivity contribution in [2.45, 2.75) is 6.54 Å². The van der Waals surface area contributed by atoms with Crippen LogP contribution in [-0.2, 0) is 16.1 Å². The lowest BCUT2D eigenvalue weighted by Crippen LogP contribution is -2.22. The molecule has 0 unspecified atom stereocenters. The van der Waals surface area contributed by atoms with Crippen molar-refractivity contribution in [2.24, 2.45) is 4.99 Å². The Morgan fingerprint density at radius 1 is 1.23 bits per heavy atom. The van der Waals surface area contributed by atoms with Crippen LogP contribution in [0.5, 0.6) is 0 Å². The van der Waals surface area contributed by atoms with Crippen molar-refractivity contribution in [2.75, 3.05) is 7.11 Å². The number of non-ortho nitro benzene ring substituents is 1. The molecule has 0 spiro atoms. The molecular weight excluding hydrogens is 358 g/mol. The largest absolute Gasteiger partial charge is 0.468 e. The maximum Gasteiger partial charge on any atom is 0.325 e. The summed E-state index contributed by atoms with van der Waals surface area (Å²) < 4.78 is 6.79. The van der Waals surface area contributed by atoms with Crippen LogP contribution >= 0.6 is 11.3 Å². The highest BCUT2D eigenvalue weighted by Gasteiger charge is 2.15. The molecule has 8 nitrogen and oxygen atoms in total. The quantitative estimate of drug-likeness (QED) is 0.398. The summed E-state index contributed by atoms with van der Waals surface area (Å²) in [5, 5.41) is 11.0. The van der Waals surface area contributed by atoms with Crippen LogP contribution in [0, 0.1) is 10.1 Å². The van der Waals surface area contributed by atoms with E-state index in [1.807, 2.05) is 0 Å². The summed E-state index contributed by atoms with van der Waals surface area (Å²) in [5.74, 6) is -1.02. The molecule has 0 bridgehead atoms. The molecule has 0 radical (unpaired) electrons. The average Bonchev–Trinajstić information content (AvgIpc) is 2.98. The molecule has 0 saturated heterocycles. The number of hydrogen-bond acceptors (Lipinski definition) is 6. The van der Waals surface area contributed by atoms with E-state index in [2.05, 4.69) is 9.73 Å². The summed E-state index contributed by atoms with van der Waals surface area (Å²) in [5.41, 5.74) is 0.726. The smallest absolute Gasteiger partial charge is 0.325 e. The summed E-state index contributed by atoms with van der Waals surface area (Å²) in [6.07, 6.45) is 0. The number of carbonyl (C=O) groups excluding carboxylic acids is 2. The van der Waals surface area contributed by atoms with Gasteiger partial charge in [0.1, 0.15) is 6.54 Å². The maximum atomic E-state index is 12.4. The third-order valence-electron chi connectivity index (χ3n) is 3.61. The van der Waals surface area contributed by atoms with Crippen LogP contribution in [0.1, 0.15) is 10.4 Å². The van der Waals surface area contributed by atoms with Crippen LogP contribution in [0.4, 0.5) is 5.69 Å². The Morgan fingerprint density at radius 2 is 1.96 bits per heavy atom. The van der Waals surface area contributed by atoms with E-state index in [1.54, 1.807) is 36.4 Å². The molecule has 0 aliphatic rings. The van der Waals surface area contributed by atoms with Gasteiger partial charge in [-0.25, -0.2) is 0 Å². The number of nitro groups is 1. The summed E-state index contributed by atoms with van der Waals surface area (Å²) >= 11 is 1.16. The minimum Gasteiger partial charge on any atom is -0.468 e. The van der Waals surface area contributed by atoms with E-state index in [1.165, 1.54) is 23.8 Å². The lowest BCUT2D eigenvalue weighted by Gasteiger charge is -2.03. The van der Waals surface area contributed by atoms with Gasteiger partial charge in [0.15, 0.2) is 4.80 Å². The van der Waals surface area contributed by atoms with Gasteiger partial charge in [-0.05, 0) is 18.2 Å².